The number of nitrogens with zero attached hydrogens (tertiary/aromatic N) is 6. The summed E-state index contributed by atoms with van der Waals surface area (Å²) >= 11 is 0. The third kappa shape index (κ3) is 5.62. The van der Waals surface area contributed by atoms with Gasteiger partial charge >= 0.3 is 0 Å². The fourth-order valence-electron chi connectivity index (χ4n) is 5.84. The van der Waals surface area contributed by atoms with Crippen molar-refractivity contribution in [1.82, 2.24) is 20.1 Å². The van der Waals surface area contributed by atoms with E-state index in [1.165, 1.54) is 0 Å². The van der Waals surface area contributed by atoms with Gasteiger partial charge in [0.25, 0.3) is 5.56 Å². The summed E-state index contributed by atoms with van der Waals surface area (Å²) < 4.78 is 6.34. The van der Waals surface area contributed by atoms with Crippen molar-refractivity contribution in [3.8, 4) is 6.07 Å². The van der Waals surface area contributed by atoms with Crippen LogP contribution in [0.5, 0.6) is 0 Å². The van der Waals surface area contributed by atoms with Gasteiger partial charge in [0.1, 0.15) is 11.9 Å². The van der Waals surface area contributed by atoms with Gasteiger partial charge in [-0.25, -0.2) is 10.1 Å². The average molecular weight is 506 g/mol. The molecule has 1 aliphatic carbocycles. The minimum Gasteiger partial charge on any atom is -0.376 e. The molecule has 3 fully saturated rings. The zero-order valence-electron chi connectivity index (χ0n) is 21.4. The Morgan fingerprint density at radius 1 is 1.11 bits per heavy atom. The molecule has 2 aromatic heterocycles. The van der Waals surface area contributed by atoms with Crippen LogP contribution in [0.15, 0.2) is 29.3 Å². The van der Waals surface area contributed by atoms with E-state index < -0.39 is 0 Å². The van der Waals surface area contributed by atoms with Crippen LogP contribution in [-0.2, 0) is 9.53 Å². The van der Waals surface area contributed by atoms with Gasteiger partial charge in [-0.1, -0.05) is 0 Å². The topological polar surface area (TPSA) is 118 Å². The lowest BCUT2D eigenvalue weighted by atomic mass is 9.86. The first-order valence-corrected chi connectivity index (χ1v) is 13.4. The number of piperazine rings is 1. The second-order valence-electron chi connectivity index (χ2n) is 10.3. The second kappa shape index (κ2) is 11.3. The Hall–Kier alpha value is -3.45. The van der Waals surface area contributed by atoms with Crippen LogP contribution in [0.3, 0.4) is 0 Å². The van der Waals surface area contributed by atoms with Crippen molar-refractivity contribution in [2.75, 3.05) is 49.1 Å². The highest BCUT2D eigenvalue weighted by Crippen LogP contribution is 2.31. The van der Waals surface area contributed by atoms with Crippen molar-refractivity contribution >= 4 is 17.4 Å². The lowest BCUT2D eigenvalue weighted by Crippen LogP contribution is -2.51. The number of carbonyl (C=O) groups excluding carboxylic acids is 1. The van der Waals surface area contributed by atoms with Gasteiger partial charge in [-0.2, -0.15) is 10.4 Å². The van der Waals surface area contributed by atoms with Crippen molar-refractivity contribution in [3.05, 3.63) is 46.0 Å². The molecule has 196 valence electrons. The molecular formula is C27H35N7O3. The first kappa shape index (κ1) is 25.2. The molecule has 10 heteroatoms. The number of rotatable bonds is 6. The van der Waals surface area contributed by atoms with Gasteiger partial charge in [0.15, 0.2) is 0 Å². The average Bonchev–Trinajstić information content (AvgIpc) is 3.42. The number of nitriles is 1. The Morgan fingerprint density at radius 3 is 2.59 bits per heavy atom. The molecule has 0 bridgehead atoms. The lowest BCUT2D eigenvalue weighted by Gasteiger charge is -2.38. The van der Waals surface area contributed by atoms with Crippen LogP contribution in [0.25, 0.3) is 0 Å². The Bertz CT molecular complexity index is 1180. The molecule has 0 aromatic carbocycles. The maximum atomic E-state index is 13.2. The van der Waals surface area contributed by atoms with Crippen molar-refractivity contribution in [3.63, 3.8) is 0 Å². The SMILES string of the molecule is Cc1c(N2CCC[C@H]2COC2CCC(C(=O)N3CCN(c4ccc(C#N)cn4)CC3)CC2)cn[nH]c1=O. The predicted octanol–water partition coefficient (Wildman–Crippen LogP) is 2.24. The summed E-state index contributed by atoms with van der Waals surface area (Å²) in [6.07, 6.45) is 9.20. The quantitative estimate of drug-likeness (QED) is 0.635. The summed E-state index contributed by atoms with van der Waals surface area (Å²) in [7, 11) is 0. The molecule has 1 atom stereocenters. The Balaban J connectivity index is 1.06. The van der Waals surface area contributed by atoms with E-state index >= 15 is 0 Å². The van der Waals surface area contributed by atoms with Crippen LogP contribution in [-0.4, -0.2) is 77.5 Å². The number of aromatic amines is 1. The van der Waals surface area contributed by atoms with E-state index in [2.05, 4.69) is 31.1 Å². The smallest absolute Gasteiger partial charge is 0.269 e. The van der Waals surface area contributed by atoms with Crippen molar-refractivity contribution < 1.29 is 9.53 Å². The minimum absolute atomic E-state index is 0.0761. The molecule has 10 nitrogen and oxygen atoms in total. The highest BCUT2D eigenvalue weighted by Gasteiger charge is 2.33. The van der Waals surface area contributed by atoms with Crippen LogP contribution in [0, 0.1) is 24.2 Å². The predicted molar refractivity (Wildman–Crippen MR) is 139 cm³/mol. The lowest BCUT2D eigenvalue weighted by molar-refractivity contribution is -0.138. The van der Waals surface area contributed by atoms with Gasteiger partial charge in [0.05, 0.1) is 36.2 Å². The van der Waals surface area contributed by atoms with Gasteiger partial charge in [0, 0.05) is 50.4 Å². The van der Waals surface area contributed by atoms with Crippen LogP contribution < -0.4 is 15.4 Å². The van der Waals surface area contributed by atoms with Crippen molar-refractivity contribution in [2.24, 2.45) is 5.92 Å². The minimum atomic E-state index is -0.139. The highest BCUT2D eigenvalue weighted by molar-refractivity contribution is 5.79. The standard InChI is InChI=1S/C27H35N7O3/c1-19-24(17-30-31-26(19)35)34-10-2-3-22(34)18-37-23-7-5-21(6-8-23)27(36)33-13-11-32(12-14-33)25-9-4-20(15-28)16-29-25/h4,9,16-17,21-23H,2-3,5-8,10-14,18H2,1H3,(H,31,35)/t21?,22-,23?/m0/s1. The molecule has 1 amide bonds. The summed E-state index contributed by atoms with van der Waals surface area (Å²) in [4.78, 5) is 36.0. The number of nitrogens with one attached hydrogen (secondary N) is 1. The summed E-state index contributed by atoms with van der Waals surface area (Å²) in [6.45, 7) is 6.30. The van der Waals surface area contributed by atoms with Crippen LogP contribution in [0.2, 0.25) is 0 Å². The molecule has 2 saturated heterocycles. The number of pyridine rings is 1. The number of hydrogen-bond acceptors (Lipinski definition) is 8. The van der Waals surface area contributed by atoms with Gasteiger partial charge in [-0.05, 0) is 57.6 Å². The fraction of sp³-hybridized carbons (Fsp3) is 0.593. The third-order valence-corrected chi connectivity index (χ3v) is 8.10. The van der Waals surface area contributed by atoms with E-state index in [0.29, 0.717) is 30.8 Å². The van der Waals surface area contributed by atoms with E-state index in [1.807, 2.05) is 17.9 Å². The van der Waals surface area contributed by atoms with Gasteiger partial charge < -0.3 is 19.4 Å². The summed E-state index contributed by atoms with van der Waals surface area (Å²) in [5.41, 5.74) is 2.02. The van der Waals surface area contributed by atoms with E-state index in [9.17, 15) is 9.59 Å². The summed E-state index contributed by atoms with van der Waals surface area (Å²) in [6, 6.07) is 6.01. The van der Waals surface area contributed by atoms with Crippen molar-refractivity contribution in [2.45, 2.75) is 57.6 Å². The van der Waals surface area contributed by atoms with Gasteiger partial charge in [-0.3, -0.25) is 9.59 Å². The molecule has 4 heterocycles. The van der Waals surface area contributed by atoms with Gasteiger partial charge in [0.2, 0.25) is 5.91 Å². The van der Waals surface area contributed by atoms with Crippen LogP contribution >= 0.6 is 0 Å². The number of aromatic nitrogens is 3. The first-order valence-electron chi connectivity index (χ1n) is 13.4. The molecule has 2 aliphatic heterocycles. The molecule has 1 saturated carbocycles. The Kier molecular flexibility index (Phi) is 7.70. The molecule has 0 radical (unpaired) electrons. The molecule has 0 spiro atoms. The molecular weight excluding hydrogens is 470 g/mol. The first-order chi connectivity index (χ1) is 18.0. The number of hydrogen-bond donors (Lipinski definition) is 1. The van der Waals surface area contributed by atoms with Crippen LogP contribution in [0.4, 0.5) is 11.5 Å². The van der Waals surface area contributed by atoms with E-state index in [1.54, 1.807) is 18.5 Å². The molecule has 37 heavy (non-hydrogen) atoms. The Labute approximate surface area is 217 Å². The third-order valence-electron chi connectivity index (χ3n) is 8.10. The van der Waals surface area contributed by atoms with E-state index in [-0.39, 0.29) is 29.5 Å². The normalized spacial score (nSPS) is 24.2. The highest BCUT2D eigenvalue weighted by atomic mass is 16.5. The van der Waals surface area contributed by atoms with E-state index in [0.717, 1.165) is 69.7 Å². The molecule has 0 unspecified atom stereocenters. The summed E-state index contributed by atoms with van der Waals surface area (Å²) in [5, 5.41) is 15.4. The van der Waals surface area contributed by atoms with Crippen molar-refractivity contribution in [1.29, 1.82) is 5.26 Å². The maximum Gasteiger partial charge on any atom is 0.269 e. The molecule has 5 rings (SSSR count). The van der Waals surface area contributed by atoms with Crippen LogP contribution in [0.1, 0.15) is 49.7 Å². The number of anilines is 2. The molecule has 1 N–H and O–H groups in total. The monoisotopic (exact) mass is 505 g/mol. The number of H-pyrrole nitrogens is 1. The number of amides is 1. The zero-order chi connectivity index (χ0) is 25.8. The zero-order valence-corrected chi connectivity index (χ0v) is 21.4. The molecule has 3 aliphatic rings. The van der Waals surface area contributed by atoms with Gasteiger partial charge in [-0.15, -0.1) is 0 Å². The number of carbonyl (C=O) groups is 1. The summed E-state index contributed by atoms with van der Waals surface area (Å²) in [5.74, 6) is 1.20. The fourth-order valence-corrected chi connectivity index (χ4v) is 5.84. The second-order valence-corrected chi connectivity index (χ2v) is 10.3. The molecule has 2 aromatic rings. The maximum absolute atomic E-state index is 13.2. The number of ether oxygens (including phenoxy) is 1. The Morgan fingerprint density at radius 2 is 1.89 bits per heavy atom. The largest absolute Gasteiger partial charge is 0.376 e. The van der Waals surface area contributed by atoms with E-state index in [4.69, 9.17) is 10.00 Å².